The van der Waals surface area contributed by atoms with E-state index in [0.717, 1.165) is 0 Å². The molecule has 0 aliphatic heterocycles. The number of nitrogens with one attached hydrogen (secondary N) is 1. The molecule has 0 aliphatic rings. The molecule has 1 heterocycles. The van der Waals surface area contributed by atoms with Gasteiger partial charge in [-0.15, -0.1) is 0 Å². The first-order chi connectivity index (χ1) is 11.7. The number of hydrogen-bond acceptors (Lipinski definition) is 4. The Morgan fingerprint density at radius 1 is 1.16 bits per heavy atom. The van der Waals surface area contributed by atoms with E-state index in [1.54, 1.807) is 12.1 Å². The lowest BCUT2D eigenvalue weighted by Gasteiger charge is -2.15. The summed E-state index contributed by atoms with van der Waals surface area (Å²) in [4.78, 5) is 14.2. The maximum atomic E-state index is 12.1. The average molecular weight is 463 g/mol. The van der Waals surface area contributed by atoms with Gasteiger partial charge < -0.3 is 9.72 Å². The van der Waals surface area contributed by atoms with Gasteiger partial charge in [0.1, 0.15) is 5.75 Å². The third kappa shape index (κ3) is 3.42. The van der Waals surface area contributed by atoms with Gasteiger partial charge in [0.2, 0.25) is 5.56 Å². The fourth-order valence-corrected chi connectivity index (χ4v) is 4.17. The third-order valence-corrected chi connectivity index (χ3v) is 6.20. The number of methoxy groups -OCH3 is 1. The van der Waals surface area contributed by atoms with Crippen LogP contribution in [0.3, 0.4) is 0 Å². The first kappa shape index (κ1) is 18.3. The highest BCUT2D eigenvalue weighted by Gasteiger charge is 2.23. The van der Waals surface area contributed by atoms with Gasteiger partial charge in [0.25, 0.3) is 9.05 Å². The first-order valence-corrected chi connectivity index (χ1v) is 10.3. The van der Waals surface area contributed by atoms with E-state index < -0.39 is 9.05 Å². The van der Waals surface area contributed by atoms with Crippen LogP contribution < -0.4 is 10.3 Å². The Morgan fingerprint density at radius 3 is 2.52 bits per heavy atom. The number of halogens is 3. The van der Waals surface area contributed by atoms with Crippen LogP contribution in [0.2, 0.25) is 5.02 Å². The normalized spacial score (nSPS) is 11.7. The van der Waals surface area contributed by atoms with Crippen LogP contribution in [-0.4, -0.2) is 20.5 Å². The van der Waals surface area contributed by atoms with Gasteiger partial charge in [-0.3, -0.25) is 4.79 Å². The Labute approximate surface area is 161 Å². The predicted octanol–water partition coefficient (Wildman–Crippen LogP) is 4.55. The van der Waals surface area contributed by atoms with E-state index in [0.29, 0.717) is 37.3 Å². The Balaban J connectivity index is 2.54. The Kier molecular flexibility index (Phi) is 4.85. The van der Waals surface area contributed by atoms with Gasteiger partial charge in [0, 0.05) is 49.3 Å². The molecule has 9 heteroatoms. The lowest BCUT2D eigenvalue weighted by Crippen LogP contribution is -2.05. The minimum atomic E-state index is -4.05. The topological polar surface area (TPSA) is 76.2 Å². The van der Waals surface area contributed by atoms with E-state index in [1.165, 1.54) is 31.4 Å². The van der Waals surface area contributed by atoms with Crippen molar-refractivity contribution in [1.82, 2.24) is 4.98 Å². The summed E-state index contributed by atoms with van der Waals surface area (Å²) in [5.74, 6) is 0.369. The molecule has 1 N–H and O–H groups in total. The monoisotopic (exact) mass is 461 g/mol. The highest BCUT2D eigenvalue weighted by molar-refractivity contribution is 9.10. The molecule has 1 aromatic heterocycles. The van der Waals surface area contributed by atoms with Crippen molar-refractivity contribution >= 4 is 58.2 Å². The van der Waals surface area contributed by atoms with Crippen LogP contribution >= 0.6 is 38.2 Å². The van der Waals surface area contributed by atoms with Crippen LogP contribution in [0.5, 0.6) is 5.75 Å². The van der Waals surface area contributed by atoms with E-state index in [1.807, 2.05) is 0 Å². The Hall–Kier alpha value is -1.54. The number of H-pyrrole nitrogens is 1. The molecular weight excluding hydrogens is 453 g/mol. The molecule has 0 unspecified atom stereocenters. The Bertz CT molecular complexity index is 1160. The fraction of sp³-hybridized carbons (Fsp3) is 0.0625. The van der Waals surface area contributed by atoms with E-state index in [4.69, 9.17) is 27.0 Å². The fourth-order valence-electron chi connectivity index (χ4n) is 2.59. The number of ether oxygens (including phenoxy) is 1. The van der Waals surface area contributed by atoms with Crippen molar-refractivity contribution in [1.29, 1.82) is 0 Å². The van der Waals surface area contributed by atoms with Gasteiger partial charge in [-0.1, -0.05) is 11.6 Å². The molecule has 0 aliphatic carbocycles. The van der Waals surface area contributed by atoms with Crippen molar-refractivity contribution in [3.8, 4) is 16.9 Å². The number of aromatic amines is 1. The van der Waals surface area contributed by atoms with Crippen LogP contribution in [0.25, 0.3) is 22.0 Å². The third-order valence-electron chi connectivity index (χ3n) is 3.64. The molecule has 25 heavy (non-hydrogen) atoms. The van der Waals surface area contributed by atoms with E-state index in [9.17, 15) is 13.2 Å². The molecule has 0 saturated carbocycles. The number of benzene rings is 2. The summed E-state index contributed by atoms with van der Waals surface area (Å²) in [5, 5.41) is 0.915. The van der Waals surface area contributed by atoms with Crippen LogP contribution in [0.1, 0.15) is 0 Å². The van der Waals surface area contributed by atoms with Crippen LogP contribution in [0.4, 0.5) is 0 Å². The molecule has 0 radical (unpaired) electrons. The highest BCUT2D eigenvalue weighted by atomic mass is 79.9. The molecule has 0 amide bonds. The zero-order valence-corrected chi connectivity index (χ0v) is 16.6. The Morgan fingerprint density at radius 2 is 1.88 bits per heavy atom. The molecule has 0 bridgehead atoms. The molecule has 0 atom stereocenters. The molecule has 0 spiro atoms. The van der Waals surface area contributed by atoms with Gasteiger partial charge in [-0.2, -0.15) is 0 Å². The zero-order chi connectivity index (χ0) is 18.4. The zero-order valence-electron chi connectivity index (χ0n) is 12.6. The van der Waals surface area contributed by atoms with Gasteiger partial charge in [-0.05, 0) is 40.2 Å². The minimum absolute atomic E-state index is 0.0961. The summed E-state index contributed by atoms with van der Waals surface area (Å²) < 4.78 is 30.1. The van der Waals surface area contributed by atoms with Crippen LogP contribution in [0, 0.1) is 0 Å². The van der Waals surface area contributed by atoms with E-state index in [2.05, 4.69) is 20.9 Å². The van der Waals surface area contributed by atoms with Crippen LogP contribution in [-0.2, 0) is 9.05 Å². The van der Waals surface area contributed by atoms with Crippen molar-refractivity contribution in [3.05, 3.63) is 56.2 Å². The summed E-state index contributed by atoms with van der Waals surface area (Å²) in [6.45, 7) is 0. The van der Waals surface area contributed by atoms with E-state index in [-0.39, 0.29) is 10.5 Å². The average Bonchev–Trinajstić information content (AvgIpc) is 2.54. The molecule has 0 fully saturated rings. The lowest BCUT2D eigenvalue weighted by atomic mass is 9.99. The molecule has 3 aromatic rings. The molecule has 0 saturated heterocycles. The summed E-state index contributed by atoms with van der Waals surface area (Å²) in [7, 11) is 3.03. The van der Waals surface area contributed by atoms with Gasteiger partial charge >= 0.3 is 0 Å². The van der Waals surface area contributed by atoms with Crippen molar-refractivity contribution in [2.75, 3.05) is 7.11 Å². The molecule has 5 nitrogen and oxygen atoms in total. The summed E-state index contributed by atoms with van der Waals surface area (Å²) in [6, 6.07) is 8.90. The van der Waals surface area contributed by atoms with Crippen molar-refractivity contribution < 1.29 is 13.2 Å². The number of aromatic nitrogens is 1. The van der Waals surface area contributed by atoms with Gasteiger partial charge in [0.15, 0.2) is 0 Å². The second-order valence-corrected chi connectivity index (χ2v) is 8.92. The van der Waals surface area contributed by atoms with Crippen molar-refractivity contribution in [2.24, 2.45) is 0 Å². The minimum Gasteiger partial charge on any atom is -0.496 e. The predicted molar refractivity (Wildman–Crippen MR) is 102 cm³/mol. The molecule has 3 rings (SSSR count). The maximum absolute atomic E-state index is 12.1. The van der Waals surface area contributed by atoms with Gasteiger partial charge in [0.05, 0.1) is 17.0 Å². The summed E-state index contributed by atoms with van der Waals surface area (Å²) in [5.41, 5.74) is 0.956. The number of hydrogen-bond donors (Lipinski definition) is 1. The number of pyridine rings is 1. The van der Waals surface area contributed by atoms with Crippen LogP contribution in [0.15, 0.2) is 50.6 Å². The second-order valence-electron chi connectivity index (χ2n) is 5.13. The van der Waals surface area contributed by atoms with Crippen molar-refractivity contribution in [2.45, 2.75) is 4.90 Å². The van der Waals surface area contributed by atoms with Gasteiger partial charge in [-0.25, -0.2) is 8.42 Å². The molecular formula is C16H10BrCl2NO4S. The highest BCUT2D eigenvalue weighted by Crippen LogP contribution is 2.43. The number of rotatable bonds is 3. The lowest BCUT2D eigenvalue weighted by molar-refractivity contribution is 0.416. The maximum Gasteiger partial charge on any atom is 0.261 e. The first-order valence-electron chi connectivity index (χ1n) is 6.86. The smallest absolute Gasteiger partial charge is 0.261 e. The summed E-state index contributed by atoms with van der Waals surface area (Å²) in [6.07, 6.45) is 0. The summed E-state index contributed by atoms with van der Waals surface area (Å²) >= 11 is 9.43. The number of fused-ring (bicyclic) bond motifs is 1. The van der Waals surface area contributed by atoms with Crippen molar-refractivity contribution in [3.63, 3.8) is 0 Å². The second kappa shape index (κ2) is 6.64. The van der Waals surface area contributed by atoms with E-state index >= 15 is 0 Å². The molecule has 2 aromatic carbocycles. The quantitative estimate of drug-likeness (QED) is 0.579. The standard InChI is InChI=1S/C16H10BrCl2NO4S/c1-24-13-7-11(18)10(17)6-9(13)16-8-2-5-15(21)20-12(8)3-4-14(16)25(19,22)23/h2-7H,1H3,(H,20,21). The molecule has 130 valence electrons. The largest absolute Gasteiger partial charge is 0.496 e. The SMILES string of the molecule is COc1cc(Cl)c(Br)cc1-c1c(S(=O)(=O)Cl)ccc2[nH]c(=O)ccc12.